The van der Waals surface area contributed by atoms with Crippen LogP contribution in [0.1, 0.15) is 11.6 Å². The number of aromatic hydroxyl groups is 1. The molecule has 17 heavy (non-hydrogen) atoms. The standard InChI is InChI=1S/C12H16BrFN2O/c13-11-2-1-9(17)7-10(11)12(8-14)16-5-3-15-4-6-16/h1-2,7,12,15,17H,3-6,8H2/t12-/m1/s1. The summed E-state index contributed by atoms with van der Waals surface area (Å²) in [7, 11) is 0. The Labute approximate surface area is 109 Å². The van der Waals surface area contributed by atoms with Crippen molar-refractivity contribution < 1.29 is 9.50 Å². The minimum atomic E-state index is -0.442. The third-order valence-electron chi connectivity index (χ3n) is 3.08. The molecule has 0 saturated carbocycles. The number of alkyl halides is 1. The molecule has 2 rings (SSSR count). The van der Waals surface area contributed by atoms with E-state index in [1.54, 1.807) is 18.2 Å². The van der Waals surface area contributed by atoms with Crippen molar-refractivity contribution in [1.29, 1.82) is 0 Å². The Kier molecular flexibility index (Phi) is 4.36. The van der Waals surface area contributed by atoms with Crippen molar-refractivity contribution in [2.24, 2.45) is 0 Å². The highest BCUT2D eigenvalue weighted by Crippen LogP contribution is 2.31. The van der Waals surface area contributed by atoms with Gasteiger partial charge in [-0.05, 0) is 23.8 Å². The van der Waals surface area contributed by atoms with Crippen LogP contribution in [0.3, 0.4) is 0 Å². The Bertz CT molecular complexity index is 383. The molecule has 1 saturated heterocycles. The summed E-state index contributed by atoms with van der Waals surface area (Å²) < 4.78 is 14.1. The molecule has 0 unspecified atom stereocenters. The summed E-state index contributed by atoms with van der Waals surface area (Å²) in [6, 6.07) is 4.71. The number of hydrogen-bond acceptors (Lipinski definition) is 3. The van der Waals surface area contributed by atoms with Crippen molar-refractivity contribution in [2.75, 3.05) is 32.9 Å². The molecule has 0 amide bonds. The van der Waals surface area contributed by atoms with Gasteiger partial charge in [0.25, 0.3) is 0 Å². The van der Waals surface area contributed by atoms with Crippen LogP contribution in [0.2, 0.25) is 0 Å². The maximum absolute atomic E-state index is 13.3. The Balaban J connectivity index is 2.24. The number of phenolic OH excluding ortho intramolecular Hbond substituents is 1. The Morgan fingerprint density at radius 2 is 2.12 bits per heavy atom. The van der Waals surface area contributed by atoms with Crippen molar-refractivity contribution in [3.05, 3.63) is 28.2 Å². The van der Waals surface area contributed by atoms with E-state index in [4.69, 9.17) is 0 Å². The molecular weight excluding hydrogens is 287 g/mol. The largest absolute Gasteiger partial charge is 0.508 e. The number of nitrogens with zero attached hydrogens (tertiary/aromatic N) is 1. The summed E-state index contributed by atoms with van der Waals surface area (Å²) in [5.74, 6) is 0.178. The van der Waals surface area contributed by atoms with Crippen LogP contribution >= 0.6 is 15.9 Å². The van der Waals surface area contributed by atoms with Crippen LogP contribution in [-0.4, -0.2) is 42.9 Å². The third kappa shape index (κ3) is 2.97. The molecule has 1 heterocycles. The average molecular weight is 303 g/mol. The summed E-state index contributed by atoms with van der Waals surface area (Å²) in [5, 5.41) is 12.8. The number of benzene rings is 1. The van der Waals surface area contributed by atoms with Crippen LogP contribution in [0.25, 0.3) is 0 Å². The maximum atomic E-state index is 13.3. The zero-order valence-electron chi connectivity index (χ0n) is 9.50. The van der Waals surface area contributed by atoms with E-state index < -0.39 is 6.67 Å². The second-order valence-corrected chi connectivity index (χ2v) is 5.02. The van der Waals surface area contributed by atoms with Crippen molar-refractivity contribution in [1.82, 2.24) is 10.2 Å². The molecule has 1 fully saturated rings. The molecule has 3 nitrogen and oxygen atoms in total. The highest BCUT2D eigenvalue weighted by atomic mass is 79.9. The van der Waals surface area contributed by atoms with Crippen molar-refractivity contribution in [3.63, 3.8) is 0 Å². The molecule has 0 aromatic heterocycles. The van der Waals surface area contributed by atoms with Crippen LogP contribution in [-0.2, 0) is 0 Å². The lowest BCUT2D eigenvalue weighted by Crippen LogP contribution is -2.45. The van der Waals surface area contributed by atoms with E-state index in [9.17, 15) is 9.50 Å². The summed E-state index contributed by atoms with van der Waals surface area (Å²) in [6.07, 6.45) is 0. The molecule has 0 spiro atoms. The fourth-order valence-electron chi connectivity index (χ4n) is 2.16. The molecular formula is C12H16BrFN2O. The van der Waals surface area contributed by atoms with Gasteiger partial charge in [0, 0.05) is 30.7 Å². The minimum absolute atomic E-state index is 0.178. The third-order valence-corrected chi connectivity index (χ3v) is 3.80. The number of hydrogen-bond donors (Lipinski definition) is 2. The fraction of sp³-hybridized carbons (Fsp3) is 0.500. The van der Waals surface area contributed by atoms with E-state index in [-0.39, 0.29) is 11.8 Å². The molecule has 2 N–H and O–H groups in total. The van der Waals surface area contributed by atoms with Crippen LogP contribution in [0.5, 0.6) is 5.75 Å². The second kappa shape index (κ2) is 5.80. The zero-order chi connectivity index (χ0) is 12.3. The highest BCUT2D eigenvalue weighted by molar-refractivity contribution is 9.10. The summed E-state index contributed by atoms with van der Waals surface area (Å²) in [5.41, 5.74) is 0.814. The zero-order valence-corrected chi connectivity index (χ0v) is 11.1. The lowest BCUT2D eigenvalue weighted by Gasteiger charge is -2.34. The molecule has 1 atom stereocenters. The minimum Gasteiger partial charge on any atom is -0.508 e. The van der Waals surface area contributed by atoms with E-state index in [1.807, 2.05) is 0 Å². The van der Waals surface area contributed by atoms with E-state index in [2.05, 4.69) is 26.1 Å². The SMILES string of the molecule is Oc1ccc(Br)c([C@@H](CF)N2CCNCC2)c1. The summed E-state index contributed by atoms with van der Waals surface area (Å²) in [4.78, 5) is 2.11. The number of piperazine rings is 1. The van der Waals surface area contributed by atoms with Crippen LogP contribution in [0.4, 0.5) is 4.39 Å². The number of nitrogens with one attached hydrogen (secondary N) is 1. The summed E-state index contributed by atoms with van der Waals surface area (Å²) >= 11 is 3.42. The first-order valence-electron chi connectivity index (χ1n) is 5.71. The maximum Gasteiger partial charge on any atom is 0.115 e. The fourth-order valence-corrected chi connectivity index (χ4v) is 2.67. The number of phenols is 1. The lowest BCUT2D eigenvalue weighted by molar-refractivity contribution is 0.147. The first kappa shape index (κ1) is 12.8. The van der Waals surface area contributed by atoms with Crippen LogP contribution in [0, 0.1) is 0 Å². The van der Waals surface area contributed by atoms with Gasteiger partial charge in [-0.2, -0.15) is 0 Å². The van der Waals surface area contributed by atoms with Gasteiger partial charge in [0.2, 0.25) is 0 Å². The molecule has 5 heteroatoms. The molecule has 0 radical (unpaired) electrons. The number of halogens is 2. The predicted octanol–water partition coefficient (Wildman–Crippen LogP) is 2.07. The van der Waals surface area contributed by atoms with Gasteiger partial charge in [0.15, 0.2) is 0 Å². The average Bonchev–Trinajstić information content (AvgIpc) is 2.36. The van der Waals surface area contributed by atoms with Crippen molar-refractivity contribution >= 4 is 15.9 Å². The van der Waals surface area contributed by atoms with Gasteiger partial charge in [-0.25, -0.2) is 4.39 Å². The topological polar surface area (TPSA) is 35.5 Å². The van der Waals surface area contributed by atoms with Crippen LogP contribution in [0.15, 0.2) is 22.7 Å². The van der Waals surface area contributed by atoms with Gasteiger partial charge in [-0.3, -0.25) is 4.90 Å². The van der Waals surface area contributed by atoms with Gasteiger partial charge >= 0.3 is 0 Å². The van der Waals surface area contributed by atoms with E-state index in [0.717, 1.165) is 36.2 Å². The van der Waals surface area contributed by atoms with Crippen LogP contribution < -0.4 is 5.32 Å². The Morgan fingerprint density at radius 1 is 1.41 bits per heavy atom. The molecule has 1 aromatic carbocycles. The first-order valence-corrected chi connectivity index (χ1v) is 6.51. The Morgan fingerprint density at radius 3 is 2.76 bits per heavy atom. The molecule has 0 aliphatic carbocycles. The highest BCUT2D eigenvalue weighted by Gasteiger charge is 2.24. The Hall–Kier alpha value is -0.650. The van der Waals surface area contributed by atoms with Gasteiger partial charge in [0.1, 0.15) is 12.4 Å². The van der Waals surface area contributed by atoms with Gasteiger partial charge in [0.05, 0.1) is 6.04 Å². The molecule has 0 bridgehead atoms. The quantitative estimate of drug-likeness (QED) is 0.897. The second-order valence-electron chi connectivity index (χ2n) is 4.16. The van der Waals surface area contributed by atoms with E-state index >= 15 is 0 Å². The molecule has 1 aromatic rings. The summed E-state index contributed by atoms with van der Waals surface area (Å²) in [6.45, 7) is 2.98. The van der Waals surface area contributed by atoms with Gasteiger partial charge in [-0.15, -0.1) is 0 Å². The lowest BCUT2D eigenvalue weighted by atomic mass is 10.1. The van der Waals surface area contributed by atoms with Crippen molar-refractivity contribution in [2.45, 2.75) is 6.04 Å². The van der Waals surface area contributed by atoms with Gasteiger partial charge in [-0.1, -0.05) is 15.9 Å². The molecule has 1 aliphatic heterocycles. The normalized spacial score (nSPS) is 19.2. The van der Waals surface area contributed by atoms with E-state index in [1.165, 1.54) is 0 Å². The smallest absolute Gasteiger partial charge is 0.115 e. The predicted molar refractivity (Wildman–Crippen MR) is 69.0 cm³/mol. The molecule has 1 aliphatic rings. The van der Waals surface area contributed by atoms with Gasteiger partial charge < -0.3 is 10.4 Å². The first-order chi connectivity index (χ1) is 8.22. The van der Waals surface area contributed by atoms with E-state index in [0.29, 0.717) is 0 Å². The number of rotatable bonds is 3. The molecule has 94 valence electrons. The van der Waals surface area contributed by atoms with Crippen molar-refractivity contribution in [3.8, 4) is 5.75 Å². The monoisotopic (exact) mass is 302 g/mol.